The first kappa shape index (κ1) is 13.1. The second-order valence-corrected chi connectivity index (χ2v) is 4.59. The summed E-state index contributed by atoms with van der Waals surface area (Å²) >= 11 is 5.90. The van der Waals surface area contributed by atoms with E-state index >= 15 is 0 Å². The molecule has 1 atom stereocenters. The molecule has 5 heteroatoms. The fourth-order valence-electron chi connectivity index (χ4n) is 1.70. The summed E-state index contributed by atoms with van der Waals surface area (Å²) < 4.78 is 5.11. The summed E-state index contributed by atoms with van der Waals surface area (Å²) in [5, 5.41) is 14.2. The van der Waals surface area contributed by atoms with E-state index in [-0.39, 0.29) is 0 Å². The van der Waals surface area contributed by atoms with Crippen molar-refractivity contribution in [1.82, 2.24) is 10.1 Å². The normalized spacial score (nSPS) is 12.6. The first-order chi connectivity index (χ1) is 8.69. The van der Waals surface area contributed by atoms with Gasteiger partial charge in [-0.3, -0.25) is 0 Å². The largest absolute Gasteiger partial charge is 0.385 e. The smallest absolute Gasteiger partial charge is 0.231 e. The van der Waals surface area contributed by atoms with E-state index in [1.54, 1.807) is 0 Å². The van der Waals surface area contributed by atoms with Crippen molar-refractivity contribution in [3.05, 3.63) is 46.6 Å². The van der Waals surface area contributed by atoms with Crippen molar-refractivity contribution in [2.24, 2.45) is 0 Å². The van der Waals surface area contributed by atoms with Crippen LogP contribution in [0.3, 0.4) is 0 Å². The second kappa shape index (κ2) is 5.98. The minimum Gasteiger partial charge on any atom is -0.385 e. The third-order valence-electron chi connectivity index (χ3n) is 2.59. The van der Waals surface area contributed by atoms with Crippen LogP contribution in [0.4, 0.5) is 0 Å². The number of nitrogens with zero attached hydrogens (tertiary/aromatic N) is 2. The molecule has 0 amide bonds. The Hall–Kier alpha value is -1.39. The van der Waals surface area contributed by atoms with E-state index in [1.165, 1.54) is 0 Å². The van der Waals surface area contributed by atoms with Gasteiger partial charge in [0, 0.05) is 5.02 Å². The minimum atomic E-state index is -0.646. The molecule has 0 fully saturated rings. The van der Waals surface area contributed by atoms with E-state index in [0.29, 0.717) is 29.6 Å². The van der Waals surface area contributed by atoms with Crippen LogP contribution < -0.4 is 0 Å². The topological polar surface area (TPSA) is 59.2 Å². The number of aliphatic hydroxyl groups excluding tert-OH is 1. The van der Waals surface area contributed by atoms with Gasteiger partial charge in [0.05, 0.1) is 6.42 Å². The molecule has 0 bridgehead atoms. The van der Waals surface area contributed by atoms with Crippen LogP contribution in [-0.2, 0) is 6.42 Å². The molecular formula is C13H15ClN2O2. The molecule has 96 valence electrons. The van der Waals surface area contributed by atoms with Crippen molar-refractivity contribution in [1.29, 1.82) is 0 Å². The Bertz CT molecular complexity index is 513. The van der Waals surface area contributed by atoms with Gasteiger partial charge in [-0.1, -0.05) is 42.2 Å². The van der Waals surface area contributed by atoms with E-state index in [1.807, 2.05) is 31.2 Å². The molecular weight excluding hydrogens is 252 g/mol. The zero-order valence-corrected chi connectivity index (χ0v) is 10.9. The molecule has 0 aliphatic rings. The van der Waals surface area contributed by atoms with E-state index in [4.69, 9.17) is 16.1 Å². The first-order valence-corrected chi connectivity index (χ1v) is 6.32. The molecule has 1 N–H and O–H groups in total. The summed E-state index contributed by atoms with van der Waals surface area (Å²) in [6, 6.07) is 7.49. The van der Waals surface area contributed by atoms with Gasteiger partial charge in [-0.15, -0.1) is 0 Å². The SMILES string of the molecule is CCCC(O)c1noc(Cc2cccc(Cl)c2)n1. The molecule has 0 aliphatic heterocycles. The number of rotatable bonds is 5. The second-order valence-electron chi connectivity index (χ2n) is 4.16. The lowest BCUT2D eigenvalue weighted by molar-refractivity contribution is 0.153. The van der Waals surface area contributed by atoms with Gasteiger partial charge in [0.15, 0.2) is 5.82 Å². The minimum absolute atomic E-state index is 0.355. The quantitative estimate of drug-likeness (QED) is 0.903. The highest BCUT2D eigenvalue weighted by atomic mass is 35.5. The Labute approximate surface area is 111 Å². The summed E-state index contributed by atoms with van der Waals surface area (Å²) in [6.07, 6.45) is 1.38. The fourth-order valence-corrected chi connectivity index (χ4v) is 1.91. The molecule has 0 saturated carbocycles. The highest BCUT2D eigenvalue weighted by Crippen LogP contribution is 2.17. The molecule has 1 heterocycles. The Morgan fingerprint density at radius 1 is 1.44 bits per heavy atom. The van der Waals surface area contributed by atoms with Crippen molar-refractivity contribution >= 4 is 11.6 Å². The monoisotopic (exact) mass is 266 g/mol. The van der Waals surface area contributed by atoms with E-state index in [9.17, 15) is 5.11 Å². The van der Waals surface area contributed by atoms with Crippen LogP contribution in [0, 0.1) is 0 Å². The van der Waals surface area contributed by atoms with E-state index in [2.05, 4.69) is 10.1 Å². The highest BCUT2D eigenvalue weighted by Gasteiger charge is 2.14. The number of hydrogen-bond acceptors (Lipinski definition) is 4. The predicted molar refractivity (Wildman–Crippen MR) is 68.4 cm³/mol. The van der Waals surface area contributed by atoms with Gasteiger partial charge in [0.2, 0.25) is 5.89 Å². The molecule has 0 saturated heterocycles. The maximum absolute atomic E-state index is 9.74. The molecule has 4 nitrogen and oxygen atoms in total. The fraction of sp³-hybridized carbons (Fsp3) is 0.385. The standard InChI is InChI=1S/C13H15ClN2O2/c1-2-4-11(17)13-15-12(18-16-13)8-9-5-3-6-10(14)7-9/h3,5-7,11,17H,2,4,8H2,1H3. The number of hydrogen-bond donors (Lipinski definition) is 1. The summed E-state index contributed by atoms with van der Waals surface area (Å²) in [7, 11) is 0. The zero-order valence-electron chi connectivity index (χ0n) is 10.1. The average molecular weight is 267 g/mol. The Morgan fingerprint density at radius 3 is 3.00 bits per heavy atom. The zero-order chi connectivity index (χ0) is 13.0. The van der Waals surface area contributed by atoms with Crippen LogP contribution in [0.2, 0.25) is 5.02 Å². The van der Waals surface area contributed by atoms with Gasteiger partial charge in [-0.25, -0.2) is 0 Å². The summed E-state index contributed by atoms with van der Waals surface area (Å²) in [5.74, 6) is 0.844. The van der Waals surface area contributed by atoms with Crippen LogP contribution in [-0.4, -0.2) is 15.2 Å². The molecule has 0 spiro atoms. The predicted octanol–water partition coefficient (Wildman–Crippen LogP) is 3.15. The molecule has 2 rings (SSSR count). The summed E-state index contributed by atoms with van der Waals surface area (Å²) in [5.41, 5.74) is 1.00. The van der Waals surface area contributed by atoms with Crippen LogP contribution >= 0.6 is 11.6 Å². The van der Waals surface area contributed by atoms with Crippen LogP contribution in [0.1, 0.15) is 43.1 Å². The molecule has 0 radical (unpaired) electrons. The Kier molecular flexibility index (Phi) is 4.33. The average Bonchev–Trinajstić information content (AvgIpc) is 2.78. The number of halogens is 1. The Morgan fingerprint density at radius 2 is 2.28 bits per heavy atom. The van der Waals surface area contributed by atoms with E-state index in [0.717, 1.165) is 12.0 Å². The Balaban J connectivity index is 2.06. The van der Waals surface area contributed by atoms with Crippen molar-refractivity contribution in [3.8, 4) is 0 Å². The molecule has 2 aromatic rings. The van der Waals surface area contributed by atoms with Gasteiger partial charge >= 0.3 is 0 Å². The van der Waals surface area contributed by atoms with Crippen molar-refractivity contribution in [3.63, 3.8) is 0 Å². The van der Waals surface area contributed by atoms with Gasteiger partial charge in [0.25, 0.3) is 0 Å². The highest BCUT2D eigenvalue weighted by molar-refractivity contribution is 6.30. The first-order valence-electron chi connectivity index (χ1n) is 5.94. The van der Waals surface area contributed by atoms with E-state index < -0.39 is 6.10 Å². The number of aromatic nitrogens is 2. The molecule has 18 heavy (non-hydrogen) atoms. The lowest BCUT2D eigenvalue weighted by Gasteiger charge is -2.01. The summed E-state index contributed by atoms with van der Waals surface area (Å²) in [6.45, 7) is 2.00. The van der Waals surface area contributed by atoms with Crippen LogP contribution in [0.5, 0.6) is 0 Å². The molecule has 1 aromatic carbocycles. The third kappa shape index (κ3) is 3.31. The van der Waals surface area contributed by atoms with Gasteiger partial charge < -0.3 is 9.63 Å². The number of benzene rings is 1. The van der Waals surface area contributed by atoms with Gasteiger partial charge in [-0.2, -0.15) is 4.98 Å². The van der Waals surface area contributed by atoms with Crippen molar-refractivity contribution in [2.45, 2.75) is 32.3 Å². The van der Waals surface area contributed by atoms with Crippen LogP contribution in [0.15, 0.2) is 28.8 Å². The third-order valence-corrected chi connectivity index (χ3v) is 2.82. The number of aliphatic hydroxyl groups is 1. The lowest BCUT2D eigenvalue weighted by atomic mass is 10.1. The lowest BCUT2D eigenvalue weighted by Crippen LogP contribution is -1.99. The van der Waals surface area contributed by atoms with Crippen molar-refractivity contribution < 1.29 is 9.63 Å². The maximum atomic E-state index is 9.74. The van der Waals surface area contributed by atoms with Gasteiger partial charge in [0.1, 0.15) is 6.10 Å². The van der Waals surface area contributed by atoms with Crippen molar-refractivity contribution in [2.75, 3.05) is 0 Å². The molecule has 1 unspecified atom stereocenters. The molecule has 0 aliphatic carbocycles. The van der Waals surface area contributed by atoms with Crippen LogP contribution in [0.25, 0.3) is 0 Å². The summed E-state index contributed by atoms with van der Waals surface area (Å²) in [4.78, 5) is 4.18. The molecule has 1 aromatic heterocycles. The maximum Gasteiger partial charge on any atom is 0.231 e. The van der Waals surface area contributed by atoms with Gasteiger partial charge in [-0.05, 0) is 24.1 Å².